The SMILES string of the molecule is CCOC(=O)C1=C(C)N(c2cccc(C(F)(F)F)c2)C(=O)N(CC2=CC(C(=O)NCCN(C)CCNC(=O)c3cccc(CN4C(=O)N(c5cccc(C(F)(F)F)c5)C(C)=C(C(=O)OCC)C4c4ccc(C#N)cc4)c3)CC=C2)C1c1ccc(C#N)cc1. The molecule has 3 unspecified atom stereocenters. The summed E-state index contributed by atoms with van der Waals surface area (Å²) in [6.07, 6.45) is -4.04. The third-order valence-corrected chi connectivity index (χ3v) is 15.0. The first-order valence-corrected chi connectivity index (χ1v) is 28.0. The number of allylic oxidation sites excluding steroid dienone is 3. The topological polar surface area (TPSA) is 209 Å². The summed E-state index contributed by atoms with van der Waals surface area (Å²) >= 11 is 0. The normalized spacial score (nSPS) is 17.2. The fraction of sp³-hybridized carbons (Fsp3) is 0.292. The molecule has 456 valence electrons. The van der Waals surface area contributed by atoms with Gasteiger partial charge in [-0.15, -0.1) is 0 Å². The van der Waals surface area contributed by atoms with Gasteiger partial charge in [0.2, 0.25) is 5.91 Å². The summed E-state index contributed by atoms with van der Waals surface area (Å²) < 4.78 is 95.0. The standard InChI is InChI=1S/C65H61F6N9O8/c1-6-87-60(83)54-40(3)79(52-18-10-16-50(34-52)64(66,67)68)62(85)77(56(54)46-24-20-42(36-72)21-25-46)38-44-12-8-14-48(32-44)58(81)74-28-30-76(5)31-29-75-59(82)49-15-9-13-45(33-49)39-78-57(47-26-22-43(37-73)23-27-47)55(61(84)88-7-2)41(4)80(63(78)86)53-19-11-17-51(35-53)65(69,70)71/h8-14,16-27,32-35,49,56-57H,6-7,15,28-31,38-39H2,1-5H3,(H,74,81)(H,75,82). The number of nitrogens with one attached hydrogen (secondary N) is 2. The van der Waals surface area contributed by atoms with Crippen molar-refractivity contribution in [3.63, 3.8) is 0 Å². The van der Waals surface area contributed by atoms with Crippen LogP contribution in [0.15, 0.2) is 168 Å². The van der Waals surface area contributed by atoms with E-state index in [0.717, 1.165) is 46.2 Å². The van der Waals surface area contributed by atoms with Gasteiger partial charge in [0.1, 0.15) is 0 Å². The first-order chi connectivity index (χ1) is 42.0. The summed E-state index contributed by atoms with van der Waals surface area (Å²) in [7, 11) is 1.78. The highest BCUT2D eigenvalue weighted by molar-refractivity contribution is 6.05. The van der Waals surface area contributed by atoms with E-state index < -0.39 is 71.4 Å². The molecule has 0 radical (unpaired) electrons. The molecule has 2 heterocycles. The second kappa shape index (κ2) is 27.6. The molecule has 88 heavy (non-hydrogen) atoms. The van der Waals surface area contributed by atoms with Gasteiger partial charge >= 0.3 is 36.4 Å². The maximum absolute atomic E-state index is 14.8. The Hall–Kier alpha value is -10.0. The number of halogens is 6. The number of hydrogen-bond donors (Lipinski definition) is 2. The van der Waals surface area contributed by atoms with E-state index in [-0.39, 0.29) is 84.8 Å². The molecule has 3 atom stereocenters. The Morgan fingerprint density at radius 2 is 1.10 bits per heavy atom. The van der Waals surface area contributed by atoms with Gasteiger partial charge < -0.3 is 34.8 Å². The minimum Gasteiger partial charge on any atom is -0.463 e. The molecule has 5 aromatic carbocycles. The number of nitriles is 2. The van der Waals surface area contributed by atoms with Gasteiger partial charge in [0, 0.05) is 56.2 Å². The van der Waals surface area contributed by atoms with Crippen molar-refractivity contribution >= 4 is 47.2 Å². The molecular weight excluding hydrogens is 1150 g/mol. The van der Waals surface area contributed by atoms with Crippen molar-refractivity contribution in [1.29, 1.82) is 10.5 Å². The Labute approximate surface area is 504 Å². The van der Waals surface area contributed by atoms with Crippen LogP contribution in [0.2, 0.25) is 0 Å². The van der Waals surface area contributed by atoms with Crippen LogP contribution in [0.25, 0.3) is 0 Å². The Morgan fingerprint density at radius 3 is 1.57 bits per heavy atom. The molecule has 8 rings (SSSR count). The third kappa shape index (κ3) is 14.5. The molecule has 0 fully saturated rings. The fourth-order valence-corrected chi connectivity index (χ4v) is 10.7. The van der Waals surface area contributed by atoms with Crippen molar-refractivity contribution in [2.75, 3.05) is 62.8 Å². The van der Waals surface area contributed by atoms with Crippen LogP contribution in [0.5, 0.6) is 0 Å². The first-order valence-electron chi connectivity index (χ1n) is 28.0. The Morgan fingerprint density at radius 1 is 0.636 bits per heavy atom. The van der Waals surface area contributed by atoms with Crippen molar-refractivity contribution in [1.82, 2.24) is 25.3 Å². The Kier molecular flexibility index (Phi) is 20.1. The van der Waals surface area contributed by atoms with Gasteiger partial charge in [0.15, 0.2) is 0 Å². The van der Waals surface area contributed by atoms with Crippen LogP contribution < -0.4 is 20.4 Å². The number of hydrogen-bond acceptors (Lipinski definition) is 11. The zero-order valence-corrected chi connectivity index (χ0v) is 48.5. The number of carbonyl (C=O) groups is 6. The molecule has 0 spiro atoms. The molecular formula is C65H61F6N9O8. The van der Waals surface area contributed by atoms with Crippen molar-refractivity contribution < 1.29 is 64.6 Å². The number of esters is 2. The summed E-state index contributed by atoms with van der Waals surface area (Å²) in [5, 5.41) is 24.9. The highest BCUT2D eigenvalue weighted by atomic mass is 19.4. The monoisotopic (exact) mass is 1210 g/mol. The molecule has 1 aliphatic carbocycles. The van der Waals surface area contributed by atoms with Crippen LogP contribution in [0.3, 0.4) is 0 Å². The van der Waals surface area contributed by atoms with E-state index in [1.807, 2.05) is 17.0 Å². The summed E-state index contributed by atoms with van der Waals surface area (Å²) in [4.78, 5) is 91.4. The zero-order chi connectivity index (χ0) is 63.6. The molecule has 2 N–H and O–H groups in total. The molecule has 0 saturated carbocycles. The number of carbonyl (C=O) groups excluding carboxylic acids is 6. The van der Waals surface area contributed by atoms with E-state index in [1.54, 1.807) is 87.7 Å². The van der Waals surface area contributed by atoms with Gasteiger partial charge in [-0.3, -0.25) is 19.4 Å². The van der Waals surface area contributed by atoms with E-state index in [2.05, 4.69) is 10.6 Å². The van der Waals surface area contributed by atoms with Gasteiger partial charge in [-0.25, -0.2) is 19.2 Å². The third-order valence-electron chi connectivity index (χ3n) is 15.0. The minimum atomic E-state index is -4.75. The first kappa shape index (κ1) is 64.0. The van der Waals surface area contributed by atoms with E-state index in [4.69, 9.17) is 9.47 Å². The molecule has 17 nitrogen and oxygen atoms in total. The number of urea groups is 2. The second-order valence-corrected chi connectivity index (χ2v) is 20.8. The van der Waals surface area contributed by atoms with Crippen molar-refractivity contribution in [2.24, 2.45) is 5.92 Å². The van der Waals surface area contributed by atoms with Crippen LogP contribution in [0.4, 0.5) is 47.3 Å². The molecule has 2 aliphatic heterocycles. The lowest BCUT2D eigenvalue weighted by Crippen LogP contribution is -2.51. The summed E-state index contributed by atoms with van der Waals surface area (Å²) in [6, 6.07) is 27.3. The van der Waals surface area contributed by atoms with Crippen LogP contribution in [-0.4, -0.2) is 104 Å². The van der Waals surface area contributed by atoms with E-state index >= 15 is 0 Å². The molecule has 0 bridgehead atoms. The van der Waals surface area contributed by atoms with E-state index in [9.17, 15) is 65.6 Å². The number of amides is 6. The van der Waals surface area contributed by atoms with Gasteiger partial charge in [-0.2, -0.15) is 36.9 Å². The molecule has 23 heteroatoms. The Balaban J connectivity index is 0.929. The lowest BCUT2D eigenvalue weighted by molar-refractivity contribution is -0.140. The average molecular weight is 1210 g/mol. The lowest BCUT2D eigenvalue weighted by Gasteiger charge is -2.43. The predicted octanol–water partition coefficient (Wildman–Crippen LogP) is 11.3. The molecule has 5 aromatic rings. The highest BCUT2D eigenvalue weighted by Gasteiger charge is 2.46. The Bertz CT molecular complexity index is 3720. The number of likely N-dealkylation sites (N-methyl/N-ethyl adjacent to an activating group) is 1. The molecule has 0 aromatic heterocycles. The lowest BCUT2D eigenvalue weighted by atomic mass is 9.90. The number of rotatable bonds is 20. The maximum atomic E-state index is 14.8. The second-order valence-electron chi connectivity index (χ2n) is 20.8. The van der Waals surface area contributed by atoms with Gasteiger partial charge in [-0.1, -0.05) is 66.8 Å². The van der Waals surface area contributed by atoms with Crippen molar-refractivity contribution in [3.8, 4) is 12.1 Å². The number of anilines is 2. The fourth-order valence-electron chi connectivity index (χ4n) is 10.7. The highest BCUT2D eigenvalue weighted by Crippen LogP contribution is 2.44. The number of benzene rings is 5. The van der Waals surface area contributed by atoms with Gasteiger partial charge in [0.05, 0.1) is 88.1 Å². The van der Waals surface area contributed by atoms with Crippen molar-refractivity contribution in [2.45, 2.75) is 65.1 Å². The van der Waals surface area contributed by atoms with E-state index in [0.29, 0.717) is 52.9 Å². The summed E-state index contributed by atoms with van der Waals surface area (Å²) in [5.74, 6) is -3.16. The molecule has 6 amide bonds. The smallest absolute Gasteiger partial charge is 0.416 e. The molecule has 0 saturated heterocycles. The van der Waals surface area contributed by atoms with E-state index in [1.165, 1.54) is 60.0 Å². The quantitative estimate of drug-likeness (QED) is 0.0553. The molecule has 3 aliphatic rings. The summed E-state index contributed by atoms with van der Waals surface area (Å²) in [5.41, 5.74) is 0.220. The van der Waals surface area contributed by atoms with Crippen LogP contribution in [-0.2, 0) is 42.8 Å². The van der Waals surface area contributed by atoms with Gasteiger partial charge in [-0.05, 0) is 136 Å². The minimum absolute atomic E-state index is 0.0220. The van der Waals surface area contributed by atoms with Crippen LogP contribution in [0, 0.1) is 28.6 Å². The van der Waals surface area contributed by atoms with Gasteiger partial charge in [0.25, 0.3) is 5.91 Å². The van der Waals surface area contributed by atoms with Crippen molar-refractivity contribution in [3.05, 3.63) is 212 Å². The van der Waals surface area contributed by atoms with Crippen LogP contribution >= 0.6 is 0 Å². The predicted molar refractivity (Wildman–Crippen MR) is 312 cm³/mol. The van der Waals surface area contributed by atoms with Crippen LogP contribution in [0.1, 0.15) is 95.5 Å². The largest absolute Gasteiger partial charge is 0.463 e. The average Bonchev–Trinajstić information content (AvgIpc) is 0.799. The number of alkyl halides is 6. The maximum Gasteiger partial charge on any atom is 0.416 e. The number of ether oxygens (including phenoxy) is 2. The summed E-state index contributed by atoms with van der Waals surface area (Å²) in [6.45, 7) is 6.55. The number of nitrogens with zero attached hydrogens (tertiary/aromatic N) is 7. The zero-order valence-electron chi connectivity index (χ0n) is 48.5.